The highest BCUT2D eigenvalue weighted by Crippen LogP contribution is 2.15. The van der Waals surface area contributed by atoms with Gasteiger partial charge in [0.05, 0.1) is 0 Å². The molecular weight excluding hydrogens is 138 g/mol. The van der Waals surface area contributed by atoms with Crippen molar-refractivity contribution >= 4 is 14.5 Å². The van der Waals surface area contributed by atoms with Gasteiger partial charge < -0.3 is 0 Å². The molecule has 1 rings (SSSR count). The van der Waals surface area contributed by atoms with Crippen molar-refractivity contribution in [2.75, 3.05) is 21.1 Å². The van der Waals surface area contributed by atoms with Crippen LogP contribution in [0, 0.1) is 0 Å². The van der Waals surface area contributed by atoms with Crippen LogP contribution in [0.15, 0.2) is 0 Å². The van der Waals surface area contributed by atoms with Gasteiger partial charge >= 0.3 is 14.5 Å². The zero-order chi connectivity index (χ0) is 7.89. The molecule has 0 amide bonds. The summed E-state index contributed by atoms with van der Waals surface area (Å²) in [4.78, 5) is 2.40. The summed E-state index contributed by atoms with van der Waals surface area (Å²) in [6, 6.07) is 0. The Morgan fingerprint density at radius 1 is 0.900 bits per heavy atom. The molecule has 0 aromatic carbocycles. The summed E-state index contributed by atoms with van der Waals surface area (Å²) in [5.41, 5.74) is 0. The lowest BCUT2D eigenvalue weighted by molar-refractivity contribution is 0.219. The highest BCUT2D eigenvalue weighted by molar-refractivity contribution is 6.66. The highest BCUT2D eigenvalue weighted by Gasteiger charge is 2.49. The third-order valence-electron chi connectivity index (χ3n) is 1.79. The molecule has 0 atom stereocenters. The molecule has 7 heteroatoms. The van der Waals surface area contributed by atoms with Gasteiger partial charge in [-0.25, -0.2) is 9.84 Å². The first-order valence-electron chi connectivity index (χ1n) is 3.01. The van der Waals surface area contributed by atoms with Crippen LogP contribution in [0.1, 0.15) is 0 Å². The van der Waals surface area contributed by atoms with Gasteiger partial charge in [-0.3, -0.25) is 13.4 Å². The van der Waals surface area contributed by atoms with E-state index in [1.165, 1.54) is 31.0 Å². The number of hydrazine groups is 1. The van der Waals surface area contributed by atoms with Gasteiger partial charge in [0.1, 0.15) is 0 Å². The van der Waals surface area contributed by atoms with Gasteiger partial charge in [-0.05, 0) is 21.1 Å². The van der Waals surface area contributed by atoms with Gasteiger partial charge in [-0.15, -0.1) is 0 Å². The third kappa shape index (κ3) is 0.941. The summed E-state index contributed by atoms with van der Waals surface area (Å²) in [6.07, 6.45) is 0. The Labute approximate surface area is 59.9 Å². The Kier molecular flexibility index (Phi) is 1.98. The first kappa shape index (κ1) is 7.97. The second-order valence-corrected chi connectivity index (χ2v) is 2.43. The normalized spacial score (nSPS) is 24.9. The SMILES string of the molecule is CN1B(F)N(C)N(C)B1F. The van der Waals surface area contributed by atoms with Crippen LogP contribution in [0.3, 0.4) is 0 Å². The fourth-order valence-electron chi connectivity index (χ4n) is 0.929. The summed E-state index contributed by atoms with van der Waals surface area (Å²) in [5, 5.41) is 0. The summed E-state index contributed by atoms with van der Waals surface area (Å²) >= 11 is 0. The Bertz CT molecular complexity index is 92.1. The Balaban J connectivity index is 2.68. The molecule has 3 nitrogen and oxygen atoms in total. The molecule has 0 aromatic rings. The molecule has 0 aromatic heterocycles. The number of hydrogen-bond acceptors (Lipinski definition) is 3. The molecule has 1 fully saturated rings. The van der Waals surface area contributed by atoms with Crippen molar-refractivity contribution in [3.05, 3.63) is 0 Å². The van der Waals surface area contributed by atoms with Crippen LogP contribution in [0.5, 0.6) is 0 Å². The average molecular weight is 147 g/mol. The van der Waals surface area contributed by atoms with E-state index in [-0.39, 0.29) is 0 Å². The number of hydrogen-bond donors (Lipinski definition) is 0. The highest BCUT2D eigenvalue weighted by atomic mass is 19.1. The minimum atomic E-state index is -1.35. The van der Waals surface area contributed by atoms with Gasteiger partial charge in [0.25, 0.3) is 0 Å². The minimum absolute atomic E-state index is 1.00. The molecule has 1 heterocycles. The van der Waals surface area contributed by atoms with Crippen LogP contribution < -0.4 is 0 Å². The molecule has 0 radical (unpaired) electrons. The lowest BCUT2D eigenvalue weighted by atomic mass is 9.93. The van der Waals surface area contributed by atoms with Gasteiger partial charge in [0.2, 0.25) is 0 Å². The van der Waals surface area contributed by atoms with E-state index in [4.69, 9.17) is 0 Å². The molecule has 1 saturated heterocycles. The van der Waals surface area contributed by atoms with Crippen molar-refractivity contribution in [3.8, 4) is 0 Å². The maximum Gasteiger partial charge on any atom is 0.525 e. The first-order chi connectivity index (χ1) is 4.55. The van der Waals surface area contributed by atoms with Gasteiger partial charge in [-0.2, -0.15) is 0 Å². The predicted octanol–water partition coefficient (Wildman–Crippen LogP) is -0.381. The van der Waals surface area contributed by atoms with Crippen LogP contribution in [0.25, 0.3) is 0 Å². The van der Waals surface area contributed by atoms with Crippen molar-refractivity contribution in [1.29, 1.82) is 0 Å². The maximum absolute atomic E-state index is 12.8. The van der Waals surface area contributed by atoms with Crippen LogP contribution in [0.4, 0.5) is 8.63 Å². The van der Waals surface area contributed by atoms with Crippen LogP contribution >= 0.6 is 0 Å². The molecule has 10 heavy (non-hydrogen) atoms. The molecular formula is C3H9B2F2N3. The van der Waals surface area contributed by atoms with Crippen molar-refractivity contribution in [1.82, 2.24) is 14.6 Å². The van der Waals surface area contributed by atoms with E-state index in [1.807, 2.05) is 0 Å². The molecule has 0 N–H and O–H groups in total. The standard InChI is InChI=1S/C3H9B2F2N3/c1-8-4(6)9(2)10(3)5(8)7/h1-3H3. The Morgan fingerprint density at radius 2 is 1.20 bits per heavy atom. The second-order valence-electron chi connectivity index (χ2n) is 2.43. The lowest BCUT2D eigenvalue weighted by Crippen LogP contribution is -2.38. The van der Waals surface area contributed by atoms with E-state index in [2.05, 4.69) is 0 Å². The zero-order valence-electron chi connectivity index (χ0n) is 6.25. The monoisotopic (exact) mass is 147 g/mol. The Morgan fingerprint density at radius 3 is 1.30 bits per heavy atom. The number of rotatable bonds is 0. The van der Waals surface area contributed by atoms with Gasteiger partial charge in [0, 0.05) is 0 Å². The lowest BCUT2D eigenvalue weighted by Gasteiger charge is -2.17. The van der Waals surface area contributed by atoms with Crippen LogP contribution in [0.2, 0.25) is 0 Å². The molecule has 0 aliphatic carbocycles. The van der Waals surface area contributed by atoms with Gasteiger partial charge in [-0.1, -0.05) is 0 Å². The number of halogens is 2. The average Bonchev–Trinajstić information content (AvgIpc) is 2.07. The fourth-order valence-corrected chi connectivity index (χ4v) is 0.929. The fraction of sp³-hybridized carbons (Fsp3) is 1.00. The molecule has 1 aliphatic heterocycles. The Hall–Kier alpha value is -0.130. The topological polar surface area (TPSA) is 9.72 Å². The summed E-state index contributed by atoms with van der Waals surface area (Å²) < 4.78 is 26.6. The zero-order valence-corrected chi connectivity index (χ0v) is 6.25. The second kappa shape index (κ2) is 2.48. The first-order valence-corrected chi connectivity index (χ1v) is 3.01. The number of nitrogens with zero attached hydrogens (tertiary/aromatic N) is 3. The molecule has 0 bridgehead atoms. The largest absolute Gasteiger partial charge is 0.525 e. The van der Waals surface area contributed by atoms with Crippen molar-refractivity contribution < 1.29 is 8.63 Å². The maximum atomic E-state index is 12.8. The third-order valence-corrected chi connectivity index (χ3v) is 1.79. The summed E-state index contributed by atoms with van der Waals surface area (Å²) in [7, 11) is 1.71. The van der Waals surface area contributed by atoms with Crippen molar-refractivity contribution in [2.45, 2.75) is 0 Å². The summed E-state index contributed by atoms with van der Waals surface area (Å²) in [5.74, 6) is 0. The van der Waals surface area contributed by atoms with E-state index >= 15 is 0 Å². The van der Waals surface area contributed by atoms with Gasteiger partial charge in [0.15, 0.2) is 0 Å². The minimum Gasteiger partial charge on any atom is -0.297 e. The van der Waals surface area contributed by atoms with Crippen LogP contribution in [-0.2, 0) is 0 Å². The molecule has 0 saturated carbocycles. The van der Waals surface area contributed by atoms with E-state index < -0.39 is 14.5 Å². The van der Waals surface area contributed by atoms with E-state index in [0.29, 0.717) is 0 Å². The smallest absolute Gasteiger partial charge is 0.297 e. The van der Waals surface area contributed by atoms with E-state index in [0.717, 1.165) is 4.72 Å². The van der Waals surface area contributed by atoms with Crippen LogP contribution in [-0.4, -0.2) is 50.2 Å². The molecule has 1 aliphatic rings. The molecule has 56 valence electrons. The van der Waals surface area contributed by atoms with E-state index in [9.17, 15) is 8.63 Å². The van der Waals surface area contributed by atoms with Crippen molar-refractivity contribution in [3.63, 3.8) is 0 Å². The molecule has 0 unspecified atom stereocenters. The molecule has 0 spiro atoms. The van der Waals surface area contributed by atoms with E-state index in [1.54, 1.807) is 0 Å². The summed E-state index contributed by atoms with van der Waals surface area (Å²) in [6.45, 7) is 0. The predicted molar refractivity (Wildman–Crippen MR) is 37.0 cm³/mol. The quantitative estimate of drug-likeness (QED) is 0.432. The van der Waals surface area contributed by atoms with Crippen molar-refractivity contribution in [2.24, 2.45) is 0 Å².